The Bertz CT molecular complexity index is 1150. The van der Waals surface area contributed by atoms with Crippen LogP contribution >= 0.6 is 23.5 Å². The molecule has 0 aliphatic heterocycles. The van der Waals surface area contributed by atoms with Crippen LogP contribution in [0, 0.1) is 0 Å². The van der Waals surface area contributed by atoms with Crippen LogP contribution in [0.4, 0.5) is 0 Å². The summed E-state index contributed by atoms with van der Waals surface area (Å²) < 4.78 is 0. The molecule has 0 saturated carbocycles. The van der Waals surface area contributed by atoms with Crippen molar-refractivity contribution in [1.82, 2.24) is 9.97 Å². The predicted octanol–water partition coefficient (Wildman–Crippen LogP) is 5.47. The van der Waals surface area contributed by atoms with Gasteiger partial charge in [0.05, 0.1) is 11.0 Å². The number of rotatable bonds is 8. The van der Waals surface area contributed by atoms with Gasteiger partial charge >= 0.3 is 11.9 Å². The van der Waals surface area contributed by atoms with E-state index in [9.17, 15) is 19.8 Å². The largest absolute Gasteiger partial charge is 0.480 e. The number of carbonyl (C=O) groups is 2. The topological polar surface area (TPSA) is 100 Å². The van der Waals surface area contributed by atoms with Gasteiger partial charge in [-0.05, 0) is 23.3 Å². The Morgan fingerprint density at radius 1 is 0.594 bits per heavy atom. The molecule has 160 valence electrons. The van der Waals surface area contributed by atoms with Crippen LogP contribution in [0.25, 0.3) is 11.0 Å². The normalized spacial score (nSPS) is 12.9. The van der Waals surface area contributed by atoms with E-state index in [0.29, 0.717) is 32.2 Å². The number of nitrogens with zero attached hydrogens (tertiary/aromatic N) is 2. The fourth-order valence-electron chi connectivity index (χ4n) is 3.12. The van der Waals surface area contributed by atoms with Gasteiger partial charge in [-0.1, -0.05) is 96.3 Å². The van der Waals surface area contributed by atoms with E-state index in [-0.39, 0.29) is 0 Å². The lowest BCUT2D eigenvalue weighted by Gasteiger charge is -2.17. The third-order valence-electron chi connectivity index (χ3n) is 4.62. The van der Waals surface area contributed by atoms with Crippen LogP contribution in [0.2, 0.25) is 0 Å². The van der Waals surface area contributed by atoms with Gasteiger partial charge in [-0.25, -0.2) is 9.97 Å². The van der Waals surface area contributed by atoms with Crippen LogP contribution in [-0.4, -0.2) is 32.1 Å². The SMILES string of the molecule is O=C(O)[C@@H](Sc1nc2ccccc2nc1S[C@@H](C(=O)O)c1ccccc1)c1ccccc1. The van der Waals surface area contributed by atoms with E-state index in [4.69, 9.17) is 0 Å². The van der Waals surface area contributed by atoms with E-state index in [1.165, 1.54) is 0 Å². The summed E-state index contributed by atoms with van der Waals surface area (Å²) in [5, 5.41) is 18.7. The number of thioether (sulfide) groups is 2. The average molecular weight is 463 g/mol. The van der Waals surface area contributed by atoms with E-state index >= 15 is 0 Å². The summed E-state index contributed by atoms with van der Waals surface area (Å²) in [5.41, 5.74) is 2.47. The number of carboxylic acid groups (broad SMARTS) is 2. The van der Waals surface area contributed by atoms with Crippen LogP contribution < -0.4 is 0 Å². The molecule has 0 aliphatic carbocycles. The molecule has 0 fully saturated rings. The lowest BCUT2D eigenvalue weighted by molar-refractivity contribution is -0.137. The second kappa shape index (κ2) is 9.84. The fraction of sp³-hybridized carbons (Fsp3) is 0.0833. The Balaban J connectivity index is 1.78. The van der Waals surface area contributed by atoms with E-state index in [1.54, 1.807) is 60.7 Å². The number of aliphatic carboxylic acids is 2. The standard InChI is InChI=1S/C24H18N2O4S2/c27-23(28)19(15-9-3-1-4-10-15)31-21-22(26-18-14-8-7-13-17(18)25-21)32-20(24(29)30)16-11-5-2-6-12-16/h1-14,19-20H,(H,27,28)(H,29,30)/t19-,20+. The molecule has 1 heterocycles. The number of carboxylic acids is 2. The zero-order chi connectivity index (χ0) is 22.5. The molecule has 0 spiro atoms. The van der Waals surface area contributed by atoms with Gasteiger partial charge in [0.1, 0.15) is 20.6 Å². The number of para-hydroxylation sites is 2. The van der Waals surface area contributed by atoms with Gasteiger partial charge in [0.15, 0.2) is 0 Å². The second-order valence-electron chi connectivity index (χ2n) is 6.82. The lowest BCUT2D eigenvalue weighted by Crippen LogP contribution is -2.10. The molecule has 0 radical (unpaired) electrons. The molecular weight excluding hydrogens is 444 g/mol. The lowest BCUT2D eigenvalue weighted by atomic mass is 10.1. The van der Waals surface area contributed by atoms with Crippen LogP contribution in [0.15, 0.2) is 95.0 Å². The number of benzene rings is 3. The smallest absolute Gasteiger partial charge is 0.321 e. The molecule has 0 saturated heterocycles. The van der Waals surface area contributed by atoms with Crippen molar-refractivity contribution < 1.29 is 19.8 Å². The van der Waals surface area contributed by atoms with Crippen LogP contribution in [0.1, 0.15) is 21.6 Å². The first-order valence-electron chi connectivity index (χ1n) is 9.68. The molecule has 4 aromatic rings. The molecule has 2 N–H and O–H groups in total. The molecule has 8 heteroatoms. The summed E-state index contributed by atoms with van der Waals surface area (Å²) in [4.78, 5) is 33.4. The molecule has 2 atom stereocenters. The maximum Gasteiger partial charge on any atom is 0.321 e. The maximum atomic E-state index is 12.1. The van der Waals surface area contributed by atoms with Crippen molar-refractivity contribution in [3.8, 4) is 0 Å². The molecule has 0 amide bonds. The maximum absolute atomic E-state index is 12.1. The fourth-order valence-corrected chi connectivity index (χ4v) is 5.24. The van der Waals surface area contributed by atoms with Gasteiger partial charge in [0.2, 0.25) is 0 Å². The molecule has 1 aromatic heterocycles. The predicted molar refractivity (Wildman–Crippen MR) is 125 cm³/mol. The Morgan fingerprint density at radius 2 is 0.938 bits per heavy atom. The molecule has 32 heavy (non-hydrogen) atoms. The van der Waals surface area contributed by atoms with Crippen LogP contribution in [0.3, 0.4) is 0 Å². The Labute approximate surface area is 192 Å². The molecule has 4 rings (SSSR count). The van der Waals surface area contributed by atoms with Crippen LogP contribution in [0.5, 0.6) is 0 Å². The van der Waals surface area contributed by atoms with E-state index < -0.39 is 22.4 Å². The third kappa shape index (κ3) is 4.92. The Hall–Kier alpha value is -3.36. The molecule has 3 aromatic carbocycles. The highest BCUT2D eigenvalue weighted by atomic mass is 32.2. The van der Waals surface area contributed by atoms with Crippen molar-refractivity contribution in [3.63, 3.8) is 0 Å². The van der Waals surface area contributed by atoms with Gasteiger partial charge in [0, 0.05) is 0 Å². The Kier molecular flexibility index (Phi) is 6.72. The van der Waals surface area contributed by atoms with Crippen molar-refractivity contribution in [1.29, 1.82) is 0 Å². The molecular formula is C24H18N2O4S2. The third-order valence-corrected chi connectivity index (χ3v) is 7.18. The zero-order valence-corrected chi connectivity index (χ0v) is 18.3. The summed E-state index contributed by atoms with van der Waals surface area (Å²) in [6.07, 6.45) is 0. The Morgan fingerprint density at radius 3 is 1.28 bits per heavy atom. The minimum atomic E-state index is -1.01. The van der Waals surface area contributed by atoms with Crippen molar-refractivity contribution in [3.05, 3.63) is 96.1 Å². The van der Waals surface area contributed by atoms with E-state index in [1.807, 2.05) is 24.3 Å². The van der Waals surface area contributed by atoms with Gasteiger partial charge in [-0.3, -0.25) is 9.59 Å². The number of aromatic nitrogens is 2. The highest BCUT2D eigenvalue weighted by molar-refractivity contribution is 8.03. The van der Waals surface area contributed by atoms with Crippen molar-refractivity contribution >= 4 is 46.5 Å². The minimum Gasteiger partial charge on any atom is -0.480 e. The first-order chi connectivity index (χ1) is 15.5. The summed E-state index contributed by atoms with van der Waals surface area (Å²) in [7, 11) is 0. The van der Waals surface area contributed by atoms with Gasteiger partial charge in [-0.2, -0.15) is 0 Å². The first-order valence-corrected chi connectivity index (χ1v) is 11.4. The number of fused-ring (bicyclic) bond motifs is 1. The number of hydrogen-bond acceptors (Lipinski definition) is 6. The molecule has 0 aliphatic rings. The van der Waals surface area contributed by atoms with Crippen molar-refractivity contribution in [2.45, 2.75) is 20.6 Å². The minimum absolute atomic E-state index is 0.382. The number of hydrogen-bond donors (Lipinski definition) is 2. The van der Waals surface area contributed by atoms with Crippen LogP contribution in [-0.2, 0) is 9.59 Å². The summed E-state index contributed by atoms with van der Waals surface area (Å²) in [6, 6.07) is 25.0. The molecule has 0 unspecified atom stereocenters. The summed E-state index contributed by atoms with van der Waals surface area (Å²) >= 11 is 2.11. The molecule has 6 nitrogen and oxygen atoms in total. The summed E-state index contributed by atoms with van der Waals surface area (Å²) in [6.45, 7) is 0. The quantitative estimate of drug-likeness (QED) is 0.333. The van der Waals surface area contributed by atoms with Crippen molar-refractivity contribution in [2.75, 3.05) is 0 Å². The highest BCUT2D eigenvalue weighted by Crippen LogP contribution is 2.43. The zero-order valence-electron chi connectivity index (χ0n) is 16.7. The van der Waals surface area contributed by atoms with Gasteiger partial charge < -0.3 is 10.2 Å². The van der Waals surface area contributed by atoms with E-state index in [2.05, 4.69) is 9.97 Å². The van der Waals surface area contributed by atoms with Gasteiger partial charge in [0.25, 0.3) is 0 Å². The summed E-state index contributed by atoms with van der Waals surface area (Å²) in [5.74, 6) is -2.02. The first kappa shape index (κ1) is 21.9. The highest BCUT2D eigenvalue weighted by Gasteiger charge is 2.28. The van der Waals surface area contributed by atoms with Crippen molar-refractivity contribution in [2.24, 2.45) is 0 Å². The second-order valence-corrected chi connectivity index (χ2v) is 9.00. The van der Waals surface area contributed by atoms with Gasteiger partial charge in [-0.15, -0.1) is 0 Å². The van der Waals surface area contributed by atoms with E-state index in [0.717, 1.165) is 23.5 Å². The monoisotopic (exact) mass is 462 g/mol. The average Bonchev–Trinajstić information content (AvgIpc) is 2.81. The molecule has 0 bridgehead atoms.